The lowest BCUT2D eigenvalue weighted by Crippen LogP contribution is -1.85. The van der Waals surface area contributed by atoms with Gasteiger partial charge in [0.25, 0.3) is 0 Å². The lowest BCUT2D eigenvalue weighted by molar-refractivity contribution is 0.448. The minimum Gasteiger partial charge on any atom is -0.430 e. The van der Waals surface area contributed by atoms with E-state index in [1.165, 1.54) is 10.8 Å². The van der Waals surface area contributed by atoms with Gasteiger partial charge in [-0.2, -0.15) is 0 Å². The van der Waals surface area contributed by atoms with Gasteiger partial charge in [-0.3, -0.25) is 0 Å². The Morgan fingerprint density at radius 2 is 1.38 bits per heavy atom. The summed E-state index contributed by atoms with van der Waals surface area (Å²) in [5, 5.41) is 16.8. The molecule has 3 nitrogen and oxygen atoms in total. The van der Waals surface area contributed by atoms with Crippen molar-refractivity contribution in [3.05, 3.63) is 30.3 Å². The number of hydrogen-bond acceptors (Lipinski definition) is 3. The SMILES string of the molecule is OBO.c1cc2nc3ccc2cc13. The molecule has 5 aromatic rings. The first-order valence-corrected chi connectivity index (χ1v) is 3.98. The summed E-state index contributed by atoms with van der Waals surface area (Å²) in [6, 6.07) is 10.5. The minimum absolute atomic E-state index is 0.750. The molecular weight excluding hydrogens is 165 g/mol. The molecule has 2 aromatic carbocycles. The molecule has 0 aliphatic carbocycles. The molecule has 4 bridgehead atoms. The summed E-state index contributed by atoms with van der Waals surface area (Å²) in [5.41, 5.74) is 2.24. The van der Waals surface area contributed by atoms with E-state index in [0.29, 0.717) is 0 Å². The van der Waals surface area contributed by atoms with Crippen LogP contribution in [0.25, 0.3) is 21.8 Å². The van der Waals surface area contributed by atoms with Gasteiger partial charge in [0.05, 0.1) is 11.0 Å². The lowest BCUT2D eigenvalue weighted by Gasteiger charge is -2.04. The van der Waals surface area contributed by atoms with Crippen LogP contribution in [-0.2, 0) is 0 Å². The van der Waals surface area contributed by atoms with Crippen molar-refractivity contribution < 1.29 is 10.0 Å². The van der Waals surface area contributed by atoms with E-state index in [1.54, 1.807) is 0 Å². The van der Waals surface area contributed by atoms with Crippen molar-refractivity contribution in [3.8, 4) is 0 Å². The van der Waals surface area contributed by atoms with Gasteiger partial charge in [0.15, 0.2) is 0 Å². The number of benzene rings is 2. The highest BCUT2D eigenvalue weighted by atomic mass is 16.4. The Balaban J connectivity index is 0.000000196. The third-order valence-electron chi connectivity index (χ3n) is 1.98. The summed E-state index contributed by atoms with van der Waals surface area (Å²) < 4.78 is 0. The fourth-order valence-electron chi connectivity index (χ4n) is 1.45. The average Bonchev–Trinajstić information content (AvgIpc) is 2.20. The van der Waals surface area contributed by atoms with Crippen LogP contribution in [0.1, 0.15) is 0 Å². The molecule has 0 amide bonds. The van der Waals surface area contributed by atoms with Crippen molar-refractivity contribution in [2.24, 2.45) is 0 Å². The van der Waals surface area contributed by atoms with E-state index in [-0.39, 0.29) is 0 Å². The van der Waals surface area contributed by atoms with E-state index < -0.39 is 7.69 Å². The molecule has 0 fully saturated rings. The molecule has 3 aromatic heterocycles. The molecular formula is C9H8BNO2. The van der Waals surface area contributed by atoms with Gasteiger partial charge < -0.3 is 10.0 Å². The summed E-state index contributed by atoms with van der Waals surface area (Å²) in [5.74, 6) is 0. The Bertz CT molecular complexity index is 401. The number of hydrogen-bond donors (Lipinski definition) is 2. The quantitative estimate of drug-likeness (QED) is 0.486. The molecule has 5 rings (SSSR count). The van der Waals surface area contributed by atoms with Crippen molar-refractivity contribution in [3.63, 3.8) is 0 Å². The van der Waals surface area contributed by atoms with Gasteiger partial charge in [-0.25, -0.2) is 4.98 Å². The van der Waals surface area contributed by atoms with Crippen molar-refractivity contribution in [2.45, 2.75) is 0 Å². The fraction of sp³-hybridized carbons (Fsp3) is 0. The maximum Gasteiger partial charge on any atom is 0.432 e. The van der Waals surface area contributed by atoms with Crippen molar-refractivity contribution in [2.75, 3.05) is 0 Å². The molecule has 0 saturated carbocycles. The Labute approximate surface area is 75.6 Å². The van der Waals surface area contributed by atoms with E-state index >= 15 is 0 Å². The second-order valence-electron chi connectivity index (χ2n) is 2.75. The highest BCUT2D eigenvalue weighted by Crippen LogP contribution is 2.23. The van der Waals surface area contributed by atoms with Gasteiger partial charge in [-0.05, 0) is 18.2 Å². The van der Waals surface area contributed by atoms with E-state index in [4.69, 9.17) is 10.0 Å². The second kappa shape index (κ2) is 3.16. The largest absolute Gasteiger partial charge is 0.432 e. The van der Waals surface area contributed by atoms with Crippen LogP contribution in [0.5, 0.6) is 0 Å². The smallest absolute Gasteiger partial charge is 0.430 e. The topological polar surface area (TPSA) is 53.4 Å². The first-order chi connectivity index (χ1) is 6.35. The molecule has 0 aliphatic rings. The number of aromatic nitrogens is 1. The zero-order valence-electron chi connectivity index (χ0n) is 6.94. The van der Waals surface area contributed by atoms with Crippen molar-refractivity contribution >= 4 is 29.5 Å². The Morgan fingerprint density at radius 3 is 1.62 bits per heavy atom. The molecule has 0 unspecified atom stereocenters. The van der Waals surface area contributed by atoms with Crippen LogP contribution >= 0.6 is 0 Å². The summed E-state index contributed by atoms with van der Waals surface area (Å²) >= 11 is 0. The van der Waals surface area contributed by atoms with Crippen LogP contribution in [0, 0.1) is 0 Å². The molecule has 0 saturated heterocycles. The summed E-state index contributed by atoms with van der Waals surface area (Å²) in [7, 11) is -0.750. The van der Waals surface area contributed by atoms with Crippen LogP contribution in [-0.4, -0.2) is 22.7 Å². The average molecular weight is 173 g/mol. The highest BCUT2D eigenvalue weighted by Gasteiger charge is 2.02. The first-order valence-electron chi connectivity index (χ1n) is 3.98. The van der Waals surface area contributed by atoms with Gasteiger partial charge in [0.2, 0.25) is 0 Å². The maximum absolute atomic E-state index is 7.12. The molecule has 0 spiro atoms. The molecule has 0 radical (unpaired) electrons. The standard InChI is InChI=1S/C9H5N.BH3O2/c1-3-8-7-2-4-9(10-8)6(1)5-7;2-1-3/h1-5H;1-3H. The second-order valence-corrected chi connectivity index (χ2v) is 2.75. The zero-order chi connectivity index (χ0) is 9.26. The molecule has 4 heteroatoms. The maximum atomic E-state index is 7.12. The minimum atomic E-state index is -0.750. The normalized spacial score (nSPS) is 10.3. The third kappa shape index (κ3) is 1.30. The predicted octanol–water partition coefficient (Wildman–Crippen LogP) is 0.501. The van der Waals surface area contributed by atoms with Gasteiger partial charge in [0.1, 0.15) is 0 Å². The predicted molar refractivity (Wildman–Crippen MR) is 53.2 cm³/mol. The van der Waals surface area contributed by atoms with Crippen LogP contribution in [0.15, 0.2) is 30.3 Å². The monoisotopic (exact) mass is 173 g/mol. The third-order valence-corrected chi connectivity index (χ3v) is 1.98. The Morgan fingerprint density at radius 1 is 0.923 bits per heavy atom. The number of pyridine rings is 3. The first kappa shape index (κ1) is 8.22. The number of nitrogens with zero attached hydrogens (tertiary/aromatic N) is 1. The fourth-order valence-corrected chi connectivity index (χ4v) is 1.45. The lowest BCUT2D eigenvalue weighted by atomic mass is 10.1. The zero-order valence-corrected chi connectivity index (χ0v) is 6.94. The van der Waals surface area contributed by atoms with Gasteiger partial charge >= 0.3 is 7.69 Å². The van der Waals surface area contributed by atoms with E-state index in [0.717, 1.165) is 11.0 Å². The Kier molecular flexibility index (Phi) is 2.00. The van der Waals surface area contributed by atoms with Gasteiger partial charge in [-0.1, -0.05) is 12.1 Å². The van der Waals surface area contributed by atoms with Crippen LogP contribution in [0.3, 0.4) is 0 Å². The summed E-state index contributed by atoms with van der Waals surface area (Å²) in [6.45, 7) is 0. The number of rotatable bonds is 0. The highest BCUT2D eigenvalue weighted by molar-refractivity contribution is 6.13. The van der Waals surface area contributed by atoms with Gasteiger partial charge in [0, 0.05) is 10.8 Å². The van der Waals surface area contributed by atoms with Gasteiger partial charge in [-0.15, -0.1) is 0 Å². The molecule has 64 valence electrons. The van der Waals surface area contributed by atoms with E-state index in [1.807, 2.05) is 0 Å². The molecule has 0 atom stereocenters. The molecule has 3 heterocycles. The van der Waals surface area contributed by atoms with E-state index in [2.05, 4.69) is 35.3 Å². The van der Waals surface area contributed by atoms with Crippen molar-refractivity contribution in [1.82, 2.24) is 4.98 Å². The molecule has 13 heavy (non-hydrogen) atoms. The molecule has 2 N–H and O–H groups in total. The van der Waals surface area contributed by atoms with E-state index in [9.17, 15) is 0 Å². The summed E-state index contributed by atoms with van der Waals surface area (Å²) in [4.78, 5) is 4.37. The molecule has 0 aliphatic heterocycles. The Hall–Kier alpha value is -1.39. The van der Waals surface area contributed by atoms with Crippen LogP contribution in [0.2, 0.25) is 0 Å². The van der Waals surface area contributed by atoms with Crippen molar-refractivity contribution in [1.29, 1.82) is 0 Å². The number of fused-ring (bicyclic) bond motifs is 2. The summed E-state index contributed by atoms with van der Waals surface area (Å²) in [6.07, 6.45) is 0. The van der Waals surface area contributed by atoms with Crippen LogP contribution in [0.4, 0.5) is 0 Å². The van der Waals surface area contributed by atoms with Crippen LogP contribution < -0.4 is 0 Å².